The zero-order chi connectivity index (χ0) is 13.4. The van der Waals surface area contributed by atoms with Gasteiger partial charge < -0.3 is 0 Å². The van der Waals surface area contributed by atoms with Gasteiger partial charge in [-0.25, -0.2) is 4.98 Å². The smallest absolute Gasteiger partial charge is 0.258 e. The van der Waals surface area contributed by atoms with Crippen molar-refractivity contribution in [3.05, 3.63) is 32.8 Å². The van der Waals surface area contributed by atoms with Gasteiger partial charge in [-0.05, 0) is 19.9 Å². The van der Waals surface area contributed by atoms with Crippen LogP contribution in [-0.4, -0.2) is 15.3 Å². The van der Waals surface area contributed by atoms with E-state index in [2.05, 4.69) is 4.98 Å². The zero-order valence-corrected chi connectivity index (χ0v) is 11.9. The summed E-state index contributed by atoms with van der Waals surface area (Å²) in [5.41, 5.74) is 1.59. The third-order valence-electron chi connectivity index (χ3n) is 3.02. The number of alkyl halides is 1. The fraction of sp³-hybridized carbons (Fsp3) is 0.417. The largest absolute Gasteiger partial charge is 0.274 e. The number of nitro groups is 1. The van der Waals surface area contributed by atoms with Gasteiger partial charge in [0, 0.05) is 22.9 Å². The molecule has 1 heterocycles. The van der Waals surface area contributed by atoms with Gasteiger partial charge in [-0.2, -0.15) is 0 Å². The second-order valence-electron chi connectivity index (χ2n) is 4.33. The predicted molar refractivity (Wildman–Crippen MR) is 74.7 cm³/mol. The van der Waals surface area contributed by atoms with E-state index in [1.807, 2.05) is 20.8 Å². The average Bonchev–Trinajstić information content (AvgIpc) is 2.65. The average molecular weight is 285 g/mol. The topological polar surface area (TPSA) is 56.0 Å². The summed E-state index contributed by atoms with van der Waals surface area (Å²) in [5.74, 6) is -0.0847. The van der Waals surface area contributed by atoms with Crippen molar-refractivity contribution in [3.63, 3.8) is 0 Å². The molecule has 4 nitrogen and oxygen atoms in total. The van der Waals surface area contributed by atoms with Gasteiger partial charge in [-0.1, -0.05) is 6.92 Å². The van der Waals surface area contributed by atoms with Crippen LogP contribution in [0.15, 0.2) is 12.1 Å². The van der Waals surface area contributed by atoms with Crippen LogP contribution < -0.4 is 0 Å². The van der Waals surface area contributed by atoms with Gasteiger partial charge in [-0.3, -0.25) is 10.1 Å². The Labute approximate surface area is 114 Å². The molecule has 1 aromatic heterocycles. The fourth-order valence-electron chi connectivity index (χ4n) is 1.86. The fourth-order valence-corrected chi connectivity index (χ4v) is 2.84. The van der Waals surface area contributed by atoms with Crippen molar-refractivity contribution in [1.82, 2.24) is 4.98 Å². The summed E-state index contributed by atoms with van der Waals surface area (Å²) in [6.45, 7) is 5.63. The van der Waals surface area contributed by atoms with Gasteiger partial charge in [0.2, 0.25) is 0 Å². The molecule has 0 aliphatic carbocycles. The Morgan fingerprint density at radius 2 is 2.11 bits per heavy atom. The van der Waals surface area contributed by atoms with Crippen LogP contribution in [0.3, 0.4) is 0 Å². The number of benzene rings is 1. The van der Waals surface area contributed by atoms with E-state index in [9.17, 15) is 10.1 Å². The lowest BCUT2D eigenvalue weighted by atomic mass is 9.96. The van der Waals surface area contributed by atoms with Gasteiger partial charge in [0.05, 0.1) is 20.1 Å². The minimum Gasteiger partial charge on any atom is -0.258 e. The molecular formula is C12H13ClN2O2S. The highest BCUT2D eigenvalue weighted by molar-refractivity contribution is 7.18. The number of hydrogen-bond donors (Lipinski definition) is 0. The monoisotopic (exact) mass is 284 g/mol. The van der Waals surface area contributed by atoms with Crippen molar-refractivity contribution in [1.29, 1.82) is 0 Å². The highest BCUT2D eigenvalue weighted by Gasteiger charge is 2.24. The molecule has 18 heavy (non-hydrogen) atoms. The van der Waals surface area contributed by atoms with Gasteiger partial charge in [0.1, 0.15) is 0 Å². The van der Waals surface area contributed by atoms with Crippen LogP contribution in [0.4, 0.5) is 5.69 Å². The van der Waals surface area contributed by atoms with Gasteiger partial charge in [-0.15, -0.1) is 22.9 Å². The molecule has 2 rings (SSSR count). The molecule has 1 aromatic carbocycles. The number of aromatic nitrogens is 1. The molecule has 2 unspecified atom stereocenters. The number of hydrogen-bond acceptors (Lipinski definition) is 4. The highest BCUT2D eigenvalue weighted by atomic mass is 35.5. The first-order valence-electron chi connectivity index (χ1n) is 5.59. The molecule has 0 aliphatic heterocycles. The Balaban J connectivity index is 2.68. The molecule has 96 valence electrons. The maximum atomic E-state index is 11.1. The van der Waals surface area contributed by atoms with Gasteiger partial charge >= 0.3 is 0 Å². The molecule has 0 saturated heterocycles. The van der Waals surface area contributed by atoms with E-state index in [1.54, 1.807) is 12.1 Å². The number of halogens is 1. The maximum Gasteiger partial charge on any atom is 0.274 e. The third kappa shape index (κ3) is 2.33. The molecule has 0 saturated carbocycles. The lowest BCUT2D eigenvalue weighted by molar-refractivity contribution is -0.385. The summed E-state index contributed by atoms with van der Waals surface area (Å²) < 4.78 is 0.845. The van der Waals surface area contributed by atoms with Crippen LogP contribution in [0.2, 0.25) is 0 Å². The first-order valence-corrected chi connectivity index (χ1v) is 6.85. The molecule has 6 heteroatoms. The third-order valence-corrected chi connectivity index (χ3v) is 4.33. The minimum absolute atomic E-state index is 0.0847. The summed E-state index contributed by atoms with van der Waals surface area (Å²) in [6.07, 6.45) is 0. The summed E-state index contributed by atoms with van der Waals surface area (Å²) in [6, 6.07) is 3.39. The van der Waals surface area contributed by atoms with Crippen molar-refractivity contribution in [2.75, 3.05) is 0 Å². The summed E-state index contributed by atoms with van der Waals surface area (Å²) >= 11 is 7.52. The molecule has 0 amide bonds. The molecular weight excluding hydrogens is 272 g/mol. The SMILES string of the molecule is Cc1nc2cc(C(C)C(C)Cl)c([N+](=O)[O-])cc2s1. The van der Waals surface area contributed by atoms with Crippen LogP contribution in [-0.2, 0) is 0 Å². The molecule has 0 radical (unpaired) electrons. The number of fused-ring (bicyclic) bond motifs is 1. The number of thiazole rings is 1. The van der Waals surface area contributed by atoms with E-state index >= 15 is 0 Å². The highest BCUT2D eigenvalue weighted by Crippen LogP contribution is 2.35. The molecule has 2 aromatic rings. The van der Waals surface area contributed by atoms with Crippen molar-refractivity contribution in [3.8, 4) is 0 Å². The van der Waals surface area contributed by atoms with E-state index < -0.39 is 0 Å². The minimum atomic E-state index is -0.348. The second kappa shape index (κ2) is 4.82. The Bertz CT molecular complexity index is 609. The Morgan fingerprint density at radius 1 is 1.44 bits per heavy atom. The van der Waals surface area contributed by atoms with Crippen molar-refractivity contribution >= 4 is 38.8 Å². The van der Waals surface area contributed by atoms with Crippen LogP contribution in [0.25, 0.3) is 10.2 Å². The van der Waals surface area contributed by atoms with Crippen molar-refractivity contribution in [2.24, 2.45) is 0 Å². The lowest BCUT2D eigenvalue weighted by Crippen LogP contribution is -2.07. The number of nitro benzene ring substituents is 1. The first-order chi connectivity index (χ1) is 8.40. The number of rotatable bonds is 3. The summed E-state index contributed by atoms with van der Waals surface area (Å²) in [5, 5.41) is 11.9. The number of aryl methyl sites for hydroxylation is 1. The molecule has 0 spiro atoms. The summed E-state index contributed by atoms with van der Waals surface area (Å²) in [4.78, 5) is 15.2. The molecule has 0 bridgehead atoms. The quantitative estimate of drug-likeness (QED) is 0.481. The maximum absolute atomic E-state index is 11.1. The Kier molecular flexibility index (Phi) is 3.54. The van der Waals surface area contributed by atoms with E-state index in [-0.39, 0.29) is 21.9 Å². The van der Waals surface area contributed by atoms with Crippen molar-refractivity contribution in [2.45, 2.75) is 32.1 Å². The number of nitrogens with zero attached hydrogens (tertiary/aromatic N) is 2. The van der Waals surface area contributed by atoms with Crippen LogP contribution in [0.1, 0.15) is 30.3 Å². The normalized spacial score (nSPS) is 14.7. The van der Waals surface area contributed by atoms with Gasteiger partial charge in [0.15, 0.2) is 0 Å². The predicted octanol–water partition coefficient (Wildman–Crippen LogP) is 4.24. The summed E-state index contributed by atoms with van der Waals surface area (Å²) in [7, 11) is 0. The van der Waals surface area contributed by atoms with E-state index in [1.165, 1.54) is 11.3 Å². The molecule has 0 aliphatic rings. The van der Waals surface area contributed by atoms with Crippen LogP contribution in [0.5, 0.6) is 0 Å². The van der Waals surface area contributed by atoms with Crippen LogP contribution in [0, 0.1) is 17.0 Å². The second-order valence-corrected chi connectivity index (χ2v) is 6.26. The van der Waals surface area contributed by atoms with Gasteiger partial charge in [0.25, 0.3) is 5.69 Å². The standard InChI is InChI=1S/C12H13ClN2O2S/c1-6(7(2)13)9-4-10-12(18-8(3)14-10)5-11(9)15(16)17/h4-7H,1-3H3. The first kappa shape index (κ1) is 13.2. The van der Waals surface area contributed by atoms with Crippen molar-refractivity contribution < 1.29 is 4.92 Å². The molecule has 0 fully saturated rings. The van der Waals surface area contributed by atoms with Crippen LogP contribution >= 0.6 is 22.9 Å². The molecule has 0 N–H and O–H groups in total. The molecule has 2 atom stereocenters. The van der Waals surface area contributed by atoms with E-state index in [0.29, 0.717) is 5.56 Å². The van der Waals surface area contributed by atoms with E-state index in [4.69, 9.17) is 11.6 Å². The Hall–Kier alpha value is -1.20. The van der Waals surface area contributed by atoms with E-state index in [0.717, 1.165) is 15.2 Å². The lowest BCUT2D eigenvalue weighted by Gasteiger charge is -2.14. The zero-order valence-electron chi connectivity index (χ0n) is 10.3. The Morgan fingerprint density at radius 3 is 2.67 bits per heavy atom.